The molecule has 0 unspecified atom stereocenters. The molecule has 5 nitrogen and oxygen atoms in total. The fourth-order valence-electron chi connectivity index (χ4n) is 0.683. The van der Waals surface area contributed by atoms with Crippen LogP contribution in [0.3, 0.4) is 0 Å². The molecule has 0 fully saturated rings. The summed E-state index contributed by atoms with van der Waals surface area (Å²) in [7, 11) is 0. The Morgan fingerprint density at radius 3 is 3.00 bits per heavy atom. The topological polar surface area (TPSA) is 80.9 Å². The summed E-state index contributed by atoms with van der Waals surface area (Å²) in [4.78, 5) is 18.5. The summed E-state index contributed by atoms with van der Waals surface area (Å²) in [6, 6.07) is 0. The molecule has 0 aliphatic rings. The standard InChI is InChI=1S/C7H10N4O/c8-3-7(12)11-5-6-4-9-1-2-10-6/h1-2,4H,3,5,8H2,(H,11,12). The monoisotopic (exact) mass is 166 g/mol. The van der Waals surface area contributed by atoms with Crippen molar-refractivity contribution >= 4 is 5.91 Å². The molecule has 1 amide bonds. The average molecular weight is 166 g/mol. The molecule has 3 N–H and O–H groups in total. The number of nitrogens with one attached hydrogen (secondary N) is 1. The highest BCUT2D eigenvalue weighted by Crippen LogP contribution is 1.87. The highest BCUT2D eigenvalue weighted by Gasteiger charge is 1.97. The predicted molar refractivity (Wildman–Crippen MR) is 42.9 cm³/mol. The van der Waals surface area contributed by atoms with Crippen molar-refractivity contribution in [3.63, 3.8) is 0 Å². The Hall–Kier alpha value is -1.49. The lowest BCUT2D eigenvalue weighted by atomic mass is 10.4. The molecule has 0 saturated heterocycles. The smallest absolute Gasteiger partial charge is 0.234 e. The second-order valence-electron chi connectivity index (χ2n) is 2.18. The quantitative estimate of drug-likeness (QED) is 0.606. The van der Waals surface area contributed by atoms with Gasteiger partial charge in [0, 0.05) is 12.4 Å². The van der Waals surface area contributed by atoms with E-state index in [2.05, 4.69) is 15.3 Å². The Labute approximate surface area is 70.0 Å². The van der Waals surface area contributed by atoms with Crippen LogP contribution in [0.4, 0.5) is 0 Å². The average Bonchev–Trinajstić information content (AvgIpc) is 2.16. The third kappa shape index (κ3) is 2.63. The van der Waals surface area contributed by atoms with Crippen molar-refractivity contribution < 1.29 is 4.79 Å². The number of aromatic nitrogens is 2. The van der Waals surface area contributed by atoms with E-state index in [1.54, 1.807) is 18.6 Å². The molecule has 0 spiro atoms. The van der Waals surface area contributed by atoms with Crippen molar-refractivity contribution in [1.29, 1.82) is 0 Å². The second-order valence-corrected chi connectivity index (χ2v) is 2.18. The van der Waals surface area contributed by atoms with Gasteiger partial charge in [0.1, 0.15) is 0 Å². The lowest BCUT2D eigenvalue weighted by Gasteiger charge is -2.00. The molecule has 64 valence electrons. The van der Waals surface area contributed by atoms with Gasteiger partial charge in [-0.3, -0.25) is 14.8 Å². The van der Waals surface area contributed by atoms with Crippen molar-refractivity contribution in [2.24, 2.45) is 5.73 Å². The molecular formula is C7H10N4O. The van der Waals surface area contributed by atoms with Crippen LogP contribution in [0, 0.1) is 0 Å². The molecule has 1 aromatic rings. The number of amides is 1. The van der Waals surface area contributed by atoms with E-state index in [1.807, 2.05) is 0 Å². The highest BCUT2D eigenvalue weighted by atomic mass is 16.1. The van der Waals surface area contributed by atoms with Crippen LogP contribution in [0.5, 0.6) is 0 Å². The van der Waals surface area contributed by atoms with Crippen molar-refractivity contribution in [2.75, 3.05) is 6.54 Å². The zero-order chi connectivity index (χ0) is 8.81. The van der Waals surface area contributed by atoms with Gasteiger partial charge in [-0.05, 0) is 0 Å². The Bertz CT molecular complexity index is 249. The molecule has 5 heteroatoms. The summed E-state index contributed by atoms with van der Waals surface area (Å²) in [5.74, 6) is -0.194. The zero-order valence-electron chi connectivity index (χ0n) is 6.53. The molecule has 1 heterocycles. The molecule has 0 radical (unpaired) electrons. The Kier molecular flexibility index (Phi) is 3.16. The number of nitrogens with zero attached hydrogens (tertiary/aromatic N) is 2. The number of carbonyl (C=O) groups excluding carboxylic acids is 1. The van der Waals surface area contributed by atoms with E-state index in [-0.39, 0.29) is 12.5 Å². The van der Waals surface area contributed by atoms with Gasteiger partial charge in [-0.25, -0.2) is 0 Å². The number of hydrogen-bond acceptors (Lipinski definition) is 4. The number of hydrogen-bond donors (Lipinski definition) is 2. The molecular weight excluding hydrogens is 156 g/mol. The van der Waals surface area contributed by atoms with Crippen LogP contribution >= 0.6 is 0 Å². The first-order valence-electron chi connectivity index (χ1n) is 3.54. The van der Waals surface area contributed by atoms with Crippen LogP contribution in [0.25, 0.3) is 0 Å². The lowest BCUT2D eigenvalue weighted by molar-refractivity contribution is -0.119. The van der Waals surface area contributed by atoms with Gasteiger partial charge in [0.2, 0.25) is 5.91 Å². The van der Waals surface area contributed by atoms with Crippen LogP contribution in [0.2, 0.25) is 0 Å². The summed E-state index contributed by atoms with van der Waals surface area (Å²) in [5.41, 5.74) is 5.81. The van der Waals surface area contributed by atoms with Gasteiger partial charge in [0.05, 0.1) is 25.0 Å². The third-order valence-electron chi connectivity index (χ3n) is 1.27. The number of rotatable bonds is 3. The van der Waals surface area contributed by atoms with Gasteiger partial charge in [0.15, 0.2) is 0 Å². The summed E-state index contributed by atoms with van der Waals surface area (Å²) in [6.45, 7) is 0.379. The van der Waals surface area contributed by atoms with E-state index in [0.717, 1.165) is 5.69 Å². The summed E-state index contributed by atoms with van der Waals surface area (Å²) in [6.07, 6.45) is 4.75. The molecule has 0 aliphatic heterocycles. The SMILES string of the molecule is NCC(=O)NCc1cnccn1. The van der Waals surface area contributed by atoms with Gasteiger partial charge < -0.3 is 11.1 Å². The van der Waals surface area contributed by atoms with Crippen molar-refractivity contribution in [2.45, 2.75) is 6.54 Å². The van der Waals surface area contributed by atoms with E-state index >= 15 is 0 Å². The van der Waals surface area contributed by atoms with Crippen LogP contribution in [-0.4, -0.2) is 22.4 Å². The fourth-order valence-corrected chi connectivity index (χ4v) is 0.683. The van der Waals surface area contributed by atoms with Crippen molar-refractivity contribution in [3.8, 4) is 0 Å². The van der Waals surface area contributed by atoms with Crippen molar-refractivity contribution in [3.05, 3.63) is 24.3 Å². The van der Waals surface area contributed by atoms with Crippen LogP contribution < -0.4 is 11.1 Å². The van der Waals surface area contributed by atoms with Crippen LogP contribution in [-0.2, 0) is 11.3 Å². The van der Waals surface area contributed by atoms with E-state index in [0.29, 0.717) is 6.54 Å². The second kappa shape index (κ2) is 4.40. The zero-order valence-corrected chi connectivity index (χ0v) is 6.53. The molecule has 12 heavy (non-hydrogen) atoms. The normalized spacial score (nSPS) is 9.42. The molecule has 0 saturated carbocycles. The van der Waals surface area contributed by atoms with Crippen molar-refractivity contribution in [1.82, 2.24) is 15.3 Å². The maximum Gasteiger partial charge on any atom is 0.234 e. The third-order valence-corrected chi connectivity index (χ3v) is 1.27. The molecule has 0 bridgehead atoms. The first kappa shape index (κ1) is 8.61. The Morgan fingerprint density at radius 1 is 1.58 bits per heavy atom. The summed E-state index contributed by atoms with van der Waals surface area (Å²) >= 11 is 0. The minimum atomic E-state index is -0.194. The maximum absolute atomic E-state index is 10.7. The van der Waals surface area contributed by atoms with Crippen LogP contribution in [0.15, 0.2) is 18.6 Å². The molecule has 1 aromatic heterocycles. The van der Waals surface area contributed by atoms with Gasteiger partial charge in [-0.1, -0.05) is 0 Å². The molecule has 1 rings (SSSR count). The van der Waals surface area contributed by atoms with Gasteiger partial charge in [-0.2, -0.15) is 0 Å². The molecule has 0 aromatic carbocycles. The van der Waals surface area contributed by atoms with Gasteiger partial charge in [-0.15, -0.1) is 0 Å². The fraction of sp³-hybridized carbons (Fsp3) is 0.286. The van der Waals surface area contributed by atoms with E-state index in [1.165, 1.54) is 0 Å². The maximum atomic E-state index is 10.7. The highest BCUT2D eigenvalue weighted by molar-refractivity contribution is 5.77. The Balaban J connectivity index is 2.38. The minimum Gasteiger partial charge on any atom is -0.349 e. The van der Waals surface area contributed by atoms with E-state index in [9.17, 15) is 4.79 Å². The van der Waals surface area contributed by atoms with Gasteiger partial charge >= 0.3 is 0 Å². The Morgan fingerprint density at radius 2 is 2.42 bits per heavy atom. The van der Waals surface area contributed by atoms with E-state index < -0.39 is 0 Å². The number of carbonyl (C=O) groups is 1. The summed E-state index contributed by atoms with van der Waals surface area (Å²) < 4.78 is 0. The largest absolute Gasteiger partial charge is 0.349 e. The predicted octanol–water partition coefficient (Wildman–Crippen LogP) is -0.948. The van der Waals surface area contributed by atoms with E-state index in [4.69, 9.17) is 5.73 Å². The van der Waals surface area contributed by atoms with Crippen LogP contribution in [0.1, 0.15) is 5.69 Å². The minimum absolute atomic E-state index is 0.000260. The number of nitrogens with two attached hydrogens (primary N) is 1. The summed E-state index contributed by atoms with van der Waals surface area (Å²) in [5, 5.41) is 2.58. The molecule has 0 atom stereocenters. The first-order valence-corrected chi connectivity index (χ1v) is 3.54. The first-order chi connectivity index (χ1) is 5.83. The van der Waals surface area contributed by atoms with Gasteiger partial charge in [0.25, 0.3) is 0 Å². The lowest BCUT2D eigenvalue weighted by Crippen LogP contribution is -2.29. The molecule has 0 aliphatic carbocycles.